The van der Waals surface area contributed by atoms with Gasteiger partial charge in [-0.25, -0.2) is 0 Å². The van der Waals surface area contributed by atoms with Gasteiger partial charge >= 0.3 is 5.97 Å². The first-order valence-electron chi connectivity index (χ1n) is 7.70. The van der Waals surface area contributed by atoms with E-state index >= 15 is 0 Å². The smallest absolute Gasteiger partial charge is 0.303 e. The highest BCUT2D eigenvalue weighted by molar-refractivity contribution is 5.76. The zero-order chi connectivity index (χ0) is 15.0. The molecule has 0 saturated heterocycles. The number of nitrogens with one attached hydrogen (secondary N) is 1. The molecule has 0 heterocycles. The van der Waals surface area contributed by atoms with Crippen LogP contribution in [-0.2, 0) is 9.59 Å². The maximum Gasteiger partial charge on any atom is 0.303 e. The molecule has 0 aromatic rings. The largest absolute Gasteiger partial charge is 0.481 e. The third-order valence-corrected chi connectivity index (χ3v) is 4.51. The van der Waals surface area contributed by atoms with Gasteiger partial charge in [0, 0.05) is 19.4 Å². The van der Waals surface area contributed by atoms with Gasteiger partial charge in [0.2, 0.25) is 5.91 Å². The number of carbonyl (C=O) groups is 2. The van der Waals surface area contributed by atoms with Gasteiger partial charge in [-0.05, 0) is 30.7 Å². The molecule has 5 nitrogen and oxygen atoms in total. The molecule has 1 atom stereocenters. The SMILES string of the molecule is CCC(CNC(=O)CC1(CN)CCCCC1)CC(=O)O. The number of nitrogens with two attached hydrogens (primary N) is 1. The molecular weight excluding hydrogens is 256 g/mol. The van der Waals surface area contributed by atoms with Crippen molar-refractivity contribution in [1.29, 1.82) is 0 Å². The van der Waals surface area contributed by atoms with Crippen molar-refractivity contribution in [1.82, 2.24) is 5.32 Å². The molecule has 20 heavy (non-hydrogen) atoms. The molecule has 0 radical (unpaired) electrons. The zero-order valence-corrected chi connectivity index (χ0v) is 12.5. The first-order chi connectivity index (χ1) is 9.51. The minimum absolute atomic E-state index is 0.0108. The van der Waals surface area contributed by atoms with Gasteiger partial charge in [-0.15, -0.1) is 0 Å². The number of carboxylic acid groups (broad SMARTS) is 1. The second-order valence-electron chi connectivity index (χ2n) is 6.12. The minimum atomic E-state index is -0.809. The van der Waals surface area contributed by atoms with Crippen molar-refractivity contribution in [2.24, 2.45) is 17.1 Å². The van der Waals surface area contributed by atoms with Crippen molar-refractivity contribution in [3.8, 4) is 0 Å². The van der Waals surface area contributed by atoms with E-state index in [0.29, 0.717) is 19.5 Å². The molecule has 0 bridgehead atoms. The first kappa shape index (κ1) is 17.0. The molecule has 5 heteroatoms. The molecule has 116 valence electrons. The van der Waals surface area contributed by atoms with E-state index in [1.807, 2.05) is 6.92 Å². The Kier molecular flexibility index (Phi) is 6.99. The van der Waals surface area contributed by atoms with Crippen LogP contribution < -0.4 is 11.1 Å². The third-order valence-electron chi connectivity index (χ3n) is 4.51. The van der Waals surface area contributed by atoms with Crippen LogP contribution >= 0.6 is 0 Å². The van der Waals surface area contributed by atoms with Gasteiger partial charge in [0.25, 0.3) is 0 Å². The number of aliphatic carboxylic acids is 1. The van der Waals surface area contributed by atoms with Crippen LogP contribution in [0.1, 0.15) is 58.3 Å². The van der Waals surface area contributed by atoms with Crippen LogP contribution in [0, 0.1) is 11.3 Å². The number of hydrogen-bond acceptors (Lipinski definition) is 3. The summed E-state index contributed by atoms with van der Waals surface area (Å²) < 4.78 is 0. The van der Waals surface area contributed by atoms with Crippen LogP contribution in [-0.4, -0.2) is 30.1 Å². The summed E-state index contributed by atoms with van der Waals surface area (Å²) in [4.78, 5) is 22.8. The van der Waals surface area contributed by atoms with Gasteiger partial charge in [0.05, 0.1) is 0 Å². The van der Waals surface area contributed by atoms with E-state index in [0.717, 1.165) is 32.1 Å². The summed E-state index contributed by atoms with van der Waals surface area (Å²) in [6.07, 6.45) is 6.95. The summed E-state index contributed by atoms with van der Waals surface area (Å²) in [5, 5.41) is 11.7. The highest BCUT2D eigenvalue weighted by atomic mass is 16.4. The first-order valence-corrected chi connectivity index (χ1v) is 7.70. The molecule has 1 saturated carbocycles. The second kappa shape index (κ2) is 8.25. The lowest BCUT2D eigenvalue weighted by atomic mass is 9.71. The quantitative estimate of drug-likeness (QED) is 0.634. The van der Waals surface area contributed by atoms with Gasteiger partial charge < -0.3 is 16.2 Å². The maximum absolute atomic E-state index is 12.1. The number of carboxylic acids is 1. The molecule has 0 aromatic heterocycles. The van der Waals surface area contributed by atoms with E-state index in [4.69, 9.17) is 10.8 Å². The van der Waals surface area contributed by atoms with Crippen molar-refractivity contribution in [3.63, 3.8) is 0 Å². The lowest BCUT2D eigenvalue weighted by Crippen LogP contribution is -2.39. The fourth-order valence-corrected chi connectivity index (χ4v) is 3.02. The Hall–Kier alpha value is -1.10. The Morgan fingerprint density at radius 3 is 2.45 bits per heavy atom. The Labute approximate surface area is 121 Å². The molecule has 0 spiro atoms. The monoisotopic (exact) mass is 284 g/mol. The van der Waals surface area contributed by atoms with E-state index in [1.165, 1.54) is 6.42 Å². The van der Waals surface area contributed by atoms with Crippen molar-refractivity contribution < 1.29 is 14.7 Å². The Bertz CT molecular complexity index is 325. The summed E-state index contributed by atoms with van der Waals surface area (Å²) in [5.41, 5.74) is 5.85. The maximum atomic E-state index is 12.1. The fourth-order valence-electron chi connectivity index (χ4n) is 3.02. The summed E-state index contributed by atoms with van der Waals surface area (Å²) in [7, 11) is 0. The van der Waals surface area contributed by atoms with Gasteiger partial charge in [-0.3, -0.25) is 9.59 Å². The number of rotatable bonds is 8. The predicted molar refractivity (Wildman–Crippen MR) is 78.2 cm³/mol. The lowest BCUT2D eigenvalue weighted by Gasteiger charge is -2.35. The fraction of sp³-hybridized carbons (Fsp3) is 0.867. The normalized spacial score (nSPS) is 19.3. The topological polar surface area (TPSA) is 92.4 Å². The highest BCUT2D eigenvalue weighted by Gasteiger charge is 2.32. The van der Waals surface area contributed by atoms with E-state index in [1.54, 1.807) is 0 Å². The van der Waals surface area contributed by atoms with Gasteiger partial charge in [-0.1, -0.05) is 32.6 Å². The summed E-state index contributed by atoms with van der Waals surface area (Å²) in [5.74, 6) is -0.783. The van der Waals surface area contributed by atoms with Crippen molar-refractivity contribution >= 4 is 11.9 Å². The van der Waals surface area contributed by atoms with Crippen molar-refractivity contribution in [2.75, 3.05) is 13.1 Å². The highest BCUT2D eigenvalue weighted by Crippen LogP contribution is 2.38. The van der Waals surface area contributed by atoms with Crippen LogP contribution in [0.4, 0.5) is 0 Å². The molecule has 1 rings (SSSR count). The van der Waals surface area contributed by atoms with Gasteiger partial charge in [0.15, 0.2) is 0 Å². The van der Waals surface area contributed by atoms with E-state index in [2.05, 4.69) is 5.32 Å². The molecule has 0 aromatic carbocycles. The molecule has 1 aliphatic carbocycles. The van der Waals surface area contributed by atoms with Crippen LogP contribution in [0.25, 0.3) is 0 Å². The standard InChI is InChI=1S/C15H28N2O3/c1-2-12(8-14(19)20)10-17-13(18)9-15(11-16)6-4-3-5-7-15/h12H,2-11,16H2,1H3,(H,17,18)(H,19,20). The average molecular weight is 284 g/mol. The molecule has 1 amide bonds. The van der Waals surface area contributed by atoms with E-state index < -0.39 is 5.97 Å². The summed E-state index contributed by atoms with van der Waals surface area (Å²) in [6.45, 7) is 2.96. The van der Waals surface area contributed by atoms with Gasteiger partial charge in [0.1, 0.15) is 0 Å². The second-order valence-corrected chi connectivity index (χ2v) is 6.12. The molecule has 0 aliphatic heterocycles. The van der Waals surface area contributed by atoms with Crippen LogP contribution in [0.3, 0.4) is 0 Å². The average Bonchev–Trinajstić information content (AvgIpc) is 2.44. The Morgan fingerprint density at radius 2 is 1.95 bits per heavy atom. The van der Waals surface area contributed by atoms with Crippen LogP contribution in [0.15, 0.2) is 0 Å². The zero-order valence-electron chi connectivity index (χ0n) is 12.5. The number of hydrogen-bond donors (Lipinski definition) is 3. The Balaban J connectivity index is 2.39. The minimum Gasteiger partial charge on any atom is -0.481 e. The van der Waals surface area contributed by atoms with Crippen molar-refractivity contribution in [3.05, 3.63) is 0 Å². The molecule has 1 fully saturated rings. The van der Waals surface area contributed by atoms with E-state index in [9.17, 15) is 9.59 Å². The molecule has 1 aliphatic rings. The lowest BCUT2D eigenvalue weighted by molar-refractivity contribution is -0.138. The summed E-state index contributed by atoms with van der Waals surface area (Å²) >= 11 is 0. The number of amides is 1. The van der Waals surface area contributed by atoms with Crippen molar-refractivity contribution in [2.45, 2.75) is 58.3 Å². The predicted octanol–water partition coefficient (Wildman–Crippen LogP) is 1.90. The molecular formula is C15H28N2O3. The molecule has 1 unspecified atom stereocenters. The van der Waals surface area contributed by atoms with Gasteiger partial charge in [-0.2, -0.15) is 0 Å². The Morgan fingerprint density at radius 1 is 1.30 bits per heavy atom. The number of carbonyl (C=O) groups excluding carboxylic acids is 1. The van der Waals surface area contributed by atoms with Crippen LogP contribution in [0.5, 0.6) is 0 Å². The van der Waals surface area contributed by atoms with E-state index in [-0.39, 0.29) is 23.7 Å². The summed E-state index contributed by atoms with van der Waals surface area (Å²) in [6, 6.07) is 0. The third kappa shape index (κ3) is 5.49. The van der Waals surface area contributed by atoms with Crippen LogP contribution in [0.2, 0.25) is 0 Å². The molecule has 4 N–H and O–H groups in total.